The molecule has 0 aliphatic heterocycles. The van der Waals surface area contributed by atoms with Gasteiger partial charge in [-0.05, 0) is 44.7 Å². The maximum Gasteiger partial charge on any atom is 0.326 e. The number of carboxylic acid groups (broad SMARTS) is 1. The molecule has 0 saturated heterocycles. The van der Waals surface area contributed by atoms with Crippen LogP contribution in [0.3, 0.4) is 0 Å². The molecule has 1 aromatic rings. The van der Waals surface area contributed by atoms with Crippen molar-refractivity contribution in [3.05, 3.63) is 35.9 Å². The molecule has 0 fully saturated rings. The Balaban J connectivity index is 3.09. The lowest BCUT2D eigenvalue weighted by molar-refractivity contribution is -0.142. The number of thiol groups is 1. The number of carboxylic acids is 1. The SMILES string of the molecule is C[C@H](N)C(=O)N[C@@H](CS)C(=O)N[C@@H](CCCCN)C(=O)N[C@@H](CCC(N)=O)C(=O)N[C@@H](Cc1ccccc1)C(=O)O. The maximum absolute atomic E-state index is 13.3. The van der Waals surface area contributed by atoms with Gasteiger partial charge in [0.25, 0.3) is 0 Å². The molecule has 14 nitrogen and oxygen atoms in total. The molecule has 0 unspecified atom stereocenters. The van der Waals surface area contributed by atoms with Crippen molar-refractivity contribution in [1.82, 2.24) is 21.3 Å². The second-order valence-electron chi connectivity index (χ2n) is 9.53. The molecule has 0 radical (unpaired) electrons. The molecule has 41 heavy (non-hydrogen) atoms. The first kappa shape index (κ1) is 35.3. The highest BCUT2D eigenvalue weighted by molar-refractivity contribution is 7.80. The minimum absolute atomic E-state index is 0.0194. The Morgan fingerprint density at radius 2 is 1.32 bits per heavy atom. The van der Waals surface area contributed by atoms with Gasteiger partial charge in [0.1, 0.15) is 24.2 Å². The number of benzene rings is 1. The molecular weight excluding hydrogens is 554 g/mol. The fourth-order valence-corrected chi connectivity index (χ4v) is 3.94. The molecule has 0 spiro atoms. The summed E-state index contributed by atoms with van der Waals surface area (Å²) in [5, 5.41) is 19.6. The van der Waals surface area contributed by atoms with E-state index < -0.39 is 65.7 Å². The van der Waals surface area contributed by atoms with Crippen molar-refractivity contribution in [2.45, 2.75) is 75.7 Å². The van der Waals surface area contributed by atoms with Gasteiger partial charge in [0.2, 0.25) is 29.5 Å². The van der Waals surface area contributed by atoms with Crippen LogP contribution >= 0.6 is 12.6 Å². The second-order valence-corrected chi connectivity index (χ2v) is 9.90. The van der Waals surface area contributed by atoms with Crippen LogP contribution in [-0.2, 0) is 35.2 Å². The summed E-state index contributed by atoms with van der Waals surface area (Å²) in [7, 11) is 0. The van der Waals surface area contributed by atoms with Crippen molar-refractivity contribution in [2.24, 2.45) is 17.2 Å². The van der Waals surface area contributed by atoms with Crippen molar-refractivity contribution in [3.8, 4) is 0 Å². The van der Waals surface area contributed by atoms with Crippen LogP contribution in [0.1, 0.15) is 44.6 Å². The number of carbonyl (C=O) groups excluding carboxylic acids is 5. The third-order valence-electron chi connectivity index (χ3n) is 6.02. The monoisotopic (exact) mass is 595 g/mol. The lowest BCUT2D eigenvalue weighted by Gasteiger charge is -2.26. The van der Waals surface area contributed by atoms with Gasteiger partial charge in [-0.3, -0.25) is 24.0 Å². The maximum atomic E-state index is 13.3. The number of hydrogen-bond acceptors (Lipinski definition) is 9. The zero-order chi connectivity index (χ0) is 30.9. The zero-order valence-corrected chi connectivity index (χ0v) is 23.9. The quantitative estimate of drug-likeness (QED) is 0.0628. The molecule has 0 heterocycles. The molecule has 5 amide bonds. The van der Waals surface area contributed by atoms with Crippen LogP contribution in [0.25, 0.3) is 0 Å². The molecule has 0 saturated carbocycles. The van der Waals surface area contributed by atoms with E-state index in [2.05, 4.69) is 33.9 Å². The van der Waals surface area contributed by atoms with Gasteiger partial charge in [-0.1, -0.05) is 30.3 Å². The first-order valence-corrected chi connectivity index (χ1v) is 13.9. The number of amides is 5. The summed E-state index contributed by atoms with van der Waals surface area (Å²) in [6, 6.07) is 2.86. The minimum atomic E-state index is -1.33. The van der Waals surface area contributed by atoms with E-state index in [0.717, 1.165) is 0 Å². The Morgan fingerprint density at radius 1 is 0.805 bits per heavy atom. The molecule has 0 aliphatic carbocycles. The van der Waals surface area contributed by atoms with E-state index in [1.54, 1.807) is 30.3 Å². The molecule has 0 aliphatic rings. The lowest BCUT2D eigenvalue weighted by atomic mass is 10.0. The minimum Gasteiger partial charge on any atom is -0.480 e. The number of aliphatic carboxylic acids is 1. The van der Waals surface area contributed by atoms with E-state index in [1.807, 2.05) is 0 Å². The largest absolute Gasteiger partial charge is 0.480 e. The highest BCUT2D eigenvalue weighted by Gasteiger charge is 2.31. The van der Waals surface area contributed by atoms with E-state index in [0.29, 0.717) is 24.9 Å². The van der Waals surface area contributed by atoms with Gasteiger partial charge in [-0.2, -0.15) is 12.6 Å². The summed E-state index contributed by atoms with van der Waals surface area (Å²) in [4.78, 5) is 74.6. The van der Waals surface area contributed by atoms with E-state index in [-0.39, 0.29) is 31.4 Å². The van der Waals surface area contributed by atoms with Crippen molar-refractivity contribution in [1.29, 1.82) is 0 Å². The number of hydrogen-bond donors (Lipinski definition) is 9. The predicted octanol–water partition coefficient (Wildman–Crippen LogP) is -2.08. The Morgan fingerprint density at radius 3 is 1.80 bits per heavy atom. The van der Waals surface area contributed by atoms with Crippen LogP contribution in [0.4, 0.5) is 0 Å². The van der Waals surface area contributed by atoms with Gasteiger partial charge in [-0.25, -0.2) is 4.79 Å². The number of unbranched alkanes of at least 4 members (excludes halogenated alkanes) is 1. The molecule has 1 aromatic carbocycles. The van der Waals surface area contributed by atoms with Crippen LogP contribution < -0.4 is 38.5 Å². The number of nitrogens with one attached hydrogen (secondary N) is 4. The van der Waals surface area contributed by atoms with E-state index in [9.17, 15) is 33.9 Å². The molecule has 5 atom stereocenters. The lowest BCUT2D eigenvalue weighted by Crippen LogP contribution is -2.58. The van der Waals surface area contributed by atoms with Crippen LogP contribution in [0.2, 0.25) is 0 Å². The van der Waals surface area contributed by atoms with E-state index in [4.69, 9.17) is 17.2 Å². The molecule has 11 N–H and O–H groups in total. The van der Waals surface area contributed by atoms with Gasteiger partial charge in [0, 0.05) is 18.6 Å². The topological polar surface area (TPSA) is 249 Å². The number of rotatable bonds is 19. The first-order chi connectivity index (χ1) is 19.4. The number of primary amides is 1. The van der Waals surface area contributed by atoms with Gasteiger partial charge < -0.3 is 43.6 Å². The fraction of sp³-hybridized carbons (Fsp3) is 0.538. The van der Waals surface area contributed by atoms with Gasteiger partial charge >= 0.3 is 5.97 Å². The van der Waals surface area contributed by atoms with Crippen molar-refractivity contribution in [3.63, 3.8) is 0 Å². The Kier molecular flexibility index (Phi) is 16.0. The molecule has 0 aromatic heterocycles. The highest BCUT2D eigenvalue weighted by atomic mass is 32.1. The third-order valence-corrected chi connectivity index (χ3v) is 6.38. The Hall–Kier alpha value is -3.69. The normalized spacial score (nSPS) is 14.4. The van der Waals surface area contributed by atoms with Crippen molar-refractivity contribution < 1.29 is 33.9 Å². The van der Waals surface area contributed by atoms with E-state index >= 15 is 0 Å². The van der Waals surface area contributed by atoms with Crippen molar-refractivity contribution in [2.75, 3.05) is 12.3 Å². The molecular formula is C26H41N7O7S. The average molecular weight is 596 g/mol. The number of carbonyl (C=O) groups is 6. The van der Waals surface area contributed by atoms with E-state index in [1.165, 1.54) is 6.92 Å². The molecule has 15 heteroatoms. The summed E-state index contributed by atoms with van der Waals surface area (Å²) in [5.74, 6) is -4.99. The van der Waals surface area contributed by atoms with Crippen molar-refractivity contribution >= 4 is 48.1 Å². The first-order valence-electron chi connectivity index (χ1n) is 13.2. The van der Waals surface area contributed by atoms with Crippen LogP contribution in [0.15, 0.2) is 30.3 Å². The summed E-state index contributed by atoms with van der Waals surface area (Å²) in [5.41, 5.74) is 17.0. The average Bonchev–Trinajstić information content (AvgIpc) is 2.92. The second kappa shape index (κ2) is 18.6. The highest BCUT2D eigenvalue weighted by Crippen LogP contribution is 2.08. The third kappa shape index (κ3) is 13.5. The molecule has 1 rings (SSSR count). The molecule has 0 bridgehead atoms. The Bertz CT molecular complexity index is 1040. The van der Waals surface area contributed by atoms with Gasteiger partial charge in [-0.15, -0.1) is 0 Å². The van der Waals surface area contributed by atoms with Gasteiger partial charge in [0.05, 0.1) is 6.04 Å². The van der Waals surface area contributed by atoms with Crippen LogP contribution in [0, 0.1) is 0 Å². The molecule has 228 valence electrons. The predicted molar refractivity (Wildman–Crippen MR) is 154 cm³/mol. The smallest absolute Gasteiger partial charge is 0.326 e. The van der Waals surface area contributed by atoms with Crippen LogP contribution in [0.5, 0.6) is 0 Å². The summed E-state index contributed by atoms with van der Waals surface area (Å²) in [6.45, 7) is 1.78. The Labute approximate surface area is 244 Å². The number of nitrogens with two attached hydrogens (primary N) is 3. The summed E-state index contributed by atoms with van der Waals surface area (Å²) >= 11 is 4.09. The summed E-state index contributed by atoms with van der Waals surface area (Å²) < 4.78 is 0. The van der Waals surface area contributed by atoms with Crippen LogP contribution in [-0.4, -0.2) is 83.1 Å². The standard InChI is InChI=1S/C26H41N7O7S/c1-15(28)22(35)33-20(14-41)25(38)30-17(9-5-6-12-27)23(36)31-18(10-11-21(29)34)24(37)32-19(26(39)40)13-16-7-3-2-4-8-16/h2-4,7-8,15,17-20,41H,5-6,9-14,27-28H2,1H3,(H2,29,34)(H,30,38)(H,31,36)(H,32,37)(H,33,35)(H,39,40)/t15-,17-,18-,19-,20-/m0/s1. The fourth-order valence-electron chi connectivity index (χ4n) is 3.68. The van der Waals surface area contributed by atoms with Gasteiger partial charge in [0.15, 0.2) is 0 Å². The zero-order valence-electron chi connectivity index (χ0n) is 23.0. The summed E-state index contributed by atoms with van der Waals surface area (Å²) in [6.07, 6.45) is 0.632.